The number of esters is 1. The highest BCUT2D eigenvalue weighted by molar-refractivity contribution is 5.71. The topological polar surface area (TPSA) is 47.4 Å². The van der Waals surface area contributed by atoms with Crippen molar-refractivity contribution in [2.45, 2.75) is 40.3 Å². The van der Waals surface area contributed by atoms with Gasteiger partial charge < -0.3 is 4.74 Å². The molecule has 0 unspecified atom stereocenters. The normalized spacial score (nSPS) is 10.9. The molecule has 0 saturated heterocycles. The Balaban J connectivity index is 2.74. The first-order chi connectivity index (χ1) is 8.64. The number of likely N-dealkylation sites (N-methyl/N-ethyl adjacent to an activating group) is 1. The number of aryl methyl sites for hydroxylation is 2. The van der Waals surface area contributed by atoms with Crippen LogP contribution in [0.25, 0.3) is 0 Å². The molecule has 1 rings (SSSR count). The maximum atomic E-state index is 11.3. The largest absolute Gasteiger partial charge is 0.468 e. The molecule has 5 heteroatoms. The van der Waals surface area contributed by atoms with Gasteiger partial charge in [0.1, 0.15) is 0 Å². The number of ether oxygens (including phenoxy) is 1. The predicted molar refractivity (Wildman–Crippen MR) is 70.2 cm³/mol. The van der Waals surface area contributed by atoms with E-state index in [-0.39, 0.29) is 5.97 Å². The summed E-state index contributed by atoms with van der Waals surface area (Å²) < 4.78 is 6.70. The van der Waals surface area contributed by atoms with Crippen molar-refractivity contribution in [1.29, 1.82) is 0 Å². The molecule has 0 aliphatic heterocycles. The van der Waals surface area contributed by atoms with Gasteiger partial charge in [-0.05, 0) is 26.0 Å². The molecule has 0 N–H and O–H groups in total. The Hall–Kier alpha value is -1.36. The van der Waals surface area contributed by atoms with Crippen molar-refractivity contribution in [3.8, 4) is 0 Å². The summed E-state index contributed by atoms with van der Waals surface area (Å²) in [5.41, 5.74) is 2.25. The lowest BCUT2D eigenvalue weighted by atomic mass is 10.3. The highest BCUT2D eigenvalue weighted by Crippen LogP contribution is 2.09. The number of hydrogen-bond donors (Lipinski definition) is 0. The minimum Gasteiger partial charge on any atom is -0.468 e. The highest BCUT2D eigenvalue weighted by atomic mass is 16.5. The maximum absolute atomic E-state index is 11.3. The molecule has 0 aromatic carbocycles. The molecule has 0 bridgehead atoms. The number of carbonyl (C=O) groups is 1. The van der Waals surface area contributed by atoms with Crippen LogP contribution in [0, 0.1) is 0 Å². The Labute approximate surface area is 109 Å². The molecule has 0 radical (unpaired) electrons. The van der Waals surface area contributed by atoms with Gasteiger partial charge in [0.2, 0.25) is 0 Å². The van der Waals surface area contributed by atoms with E-state index in [1.54, 1.807) is 0 Å². The summed E-state index contributed by atoms with van der Waals surface area (Å²) in [5.74, 6) is -0.199. The van der Waals surface area contributed by atoms with Crippen LogP contribution in [0.2, 0.25) is 0 Å². The predicted octanol–water partition coefficient (Wildman–Crippen LogP) is 1.46. The van der Waals surface area contributed by atoms with Gasteiger partial charge in [0.25, 0.3) is 0 Å². The van der Waals surface area contributed by atoms with E-state index in [4.69, 9.17) is 4.74 Å². The van der Waals surface area contributed by atoms with E-state index in [0.29, 0.717) is 6.54 Å². The van der Waals surface area contributed by atoms with E-state index in [9.17, 15) is 4.79 Å². The van der Waals surface area contributed by atoms with Gasteiger partial charge in [-0.15, -0.1) is 0 Å². The Morgan fingerprint density at radius 3 is 2.67 bits per heavy atom. The molecule has 0 fully saturated rings. The van der Waals surface area contributed by atoms with Crippen LogP contribution >= 0.6 is 0 Å². The van der Waals surface area contributed by atoms with Gasteiger partial charge in [-0.1, -0.05) is 13.8 Å². The third kappa shape index (κ3) is 3.84. The van der Waals surface area contributed by atoms with Crippen LogP contribution < -0.4 is 0 Å². The van der Waals surface area contributed by atoms with Gasteiger partial charge in [0, 0.05) is 13.1 Å². The van der Waals surface area contributed by atoms with Crippen molar-refractivity contribution < 1.29 is 9.53 Å². The summed E-state index contributed by atoms with van der Waals surface area (Å²) in [6.07, 6.45) is 0.934. The zero-order valence-corrected chi connectivity index (χ0v) is 11.8. The van der Waals surface area contributed by atoms with Crippen molar-refractivity contribution >= 4 is 5.97 Å². The first-order valence-corrected chi connectivity index (χ1v) is 6.49. The second-order valence-corrected chi connectivity index (χ2v) is 4.18. The van der Waals surface area contributed by atoms with Crippen molar-refractivity contribution in [1.82, 2.24) is 14.7 Å². The van der Waals surface area contributed by atoms with Crippen molar-refractivity contribution in [2.75, 3.05) is 20.2 Å². The molecule has 0 saturated carbocycles. The zero-order valence-electron chi connectivity index (χ0n) is 11.8. The number of methoxy groups -OCH3 is 1. The molecule has 1 aromatic heterocycles. The minimum atomic E-state index is -0.199. The molecule has 1 heterocycles. The Bertz CT molecular complexity index is 388. The quantitative estimate of drug-likeness (QED) is 0.690. The van der Waals surface area contributed by atoms with E-state index in [2.05, 4.69) is 29.9 Å². The van der Waals surface area contributed by atoms with Crippen molar-refractivity contribution in [2.24, 2.45) is 0 Å². The van der Waals surface area contributed by atoms with Crippen LogP contribution in [0.5, 0.6) is 0 Å². The second kappa shape index (κ2) is 7.16. The summed E-state index contributed by atoms with van der Waals surface area (Å²) in [7, 11) is 1.42. The molecule has 0 amide bonds. The second-order valence-electron chi connectivity index (χ2n) is 4.18. The lowest BCUT2D eigenvalue weighted by Crippen LogP contribution is -2.30. The van der Waals surface area contributed by atoms with Crippen LogP contribution in [-0.2, 0) is 29.0 Å². The molecule has 0 spiro atoms. The fourth-order valence-electron chi connectivity index (χ4n) is 1.84. The number of carbonyl (C=O) groups excluding carboxylic acids is 1. The summed E-state index contributed by atoms with van der Waals surface area (Å²) in [6.45, 7) is 8.92. The lowest BCUT2D eigenvalue weighted by molar-refractivity contribution is -0.142. The van der Waals surface area contributed by atoms with Crippen LogP contribution in [0.15, 0.2) is 6.07 Å². The minimum absolute atomic E-state index is 0.199. The first kappa shape index (κ1) is 14.7. The summed E-state index contributed by atoms with van der Waals surface area (Å²) in [6, 6.07) is 2.11. The molecule has 102 valence electrons. The summed E-state index contributed by atoms with van der Waals surface area (Å²) >= 11 is 0. The molecule has 5 nitrogen and oxygen atoms in total. The van der Waals surface area contributed by atoms with E-state index in [1.807, 2.05) is 11.6 Å². The zero-order chi connectivity index (χ0) is 13.5. The highest BCUT2D eigenvalue weighted by Gasteiger charge is 2.13. The number of aromatic nitrogens is 2. The molecular formula is C13H23N3O2. The average Bonchev–Trinajstić information content (AvgIpc) is 2.79. The van der Waals surface area contributed by atoms with Crippen molar-refractivity contribution in [3.05, 3.63) is 17.5 Å². The molecule has 1 aromatic rings. The number of hydrogen-bond acceptors (Lipinski definition) is 4. The van der Waals surface area contributed by atoms with Gasteiger partial charge >= 0.3 is 5.97 Å². The van der Waals surface area contributed by atoms with E-state index in [0.717, 1.165) is 37.4 Å². The van der Waals surface area contributed by atoms with Gasteiger partial charge in [0.05, 0.1) is 25.0 Å². The maximum Gasteiger partial charge on any atom is 0.319 e. The van der Waals surface area contributed by atoms with Gasteiger partial charge in [-0.25, -0.2) is 0 Å². The molecule has 0 atom stereocenters. The van der Waals surface area contributed by atoms with Gasteiger partial charge in [-0.3, -0.25) is 14.4 Å². The standard InChI is InChI=1S/C13H23N3O2/c1-5-11-8-12(16(7-3)14-11)9-15(6-2)10-13(17)18-4/h8H,5-7,9-10H2,1-4H3. The van der Waals surface area contributed by atoms with E-state index in [1.165, 1.54) is 7.11 Å². The Morgan fingerprint density at radius 1 is 1.44 bits per heavy atom. The fraction of sp³-hybridized carbons (Fsp3) is 0.692. The van der Waals surface area contributed by atoms with Crippen LogP contribution in [0.4, 0.5) is 0 Å². The van der Waals surface area contributed by atoms with E-state index >= 15 is 0 Å². The van der Waals surface area contributed by atoms with Crippen molar-refractivity contribution in [3.63, 3.8) is 0 Å². The summed E-state index contributed by atoms with van der Waals surface area (Å²) in [5, 5.41) is 4.51. The van der Waals surface area contributed by atoms with Gasteiger partial charge in [-0.2, -0.15) is 5.10 Å². The Kier molecular flexibility index (Phi) is 5.85. The third-order valence-electron chi connectivity index (χ3n) is 2.99. The molecule has 18 heavy (non-hydrogen) atoms. The molecule has 0 aliphatic rings. The first-order valence-electron chi connectivity index (χ1n) is 6.49. The summed E-state index contributed by atoms with van der Waals surface area (Å²) in [4.78, 5) is 13.4. The number of nitrogens with zero attached hydrogens (tertiary/aromatic N) is 3. The lowest BCUT2D eigenvalue weighted by Gasteiger charge is -2.19. The average molecular weight is 253 g/mol. The Morgan fingerprint density at radius 2 is 2.17 bits per heavy atom. The monoisotopic (exact) mass is 253 g/mol. The number of rotatable bonds is 7. The van der Waals surface area contributed by atoms with Crippen LogP contribution in [0.1, 0.15) is 32.2 Å². The SMILES string of the molecule is CCc1cc(CN(CC)CC(=O)OC)n(CC)n1. The van der Waals surface area contributed by atoms with Crippen LogP contribution in [0.3, 0.4) is 0 Å². The third-order valence-corrected chi connectivity index (χ3v) is 2.99. The fourth-order valence-corrected chi connectivity index (χ4v) is 1.84. The smallest absolute Gasteiger partial charge is 0.319 e. The molecule has 0 aliphatic carbocycles. The molecular weight excluding hydrogens is 230 g/mol. The van der Waals surface area contributed by atoms with E-state index < -0.39 is 0 Å². The van der Waals surface area contributed by atoms with Gasteiger partial charge in [0.15, 0.2) is 0 Å². The van der Waals surface area contributed by atoms with Crippen LogP contribution in [-0.4, -0.2) is 40.8 Å².